The summed E-state index contributed by atoms with van der Waals surface area (Å²) in [4.78, 5) is 9.42. The average molecular weight is 415 g/mol. The minimum atomic E-state index is 0.676. The van der Waals surface area contributed by atoms with E-state index >= 15 is 0 Å². The molecule has 3 heterocycles. The van der Waals surface area contributed by atoms with E-state index in [0.717, 1.165) is 61.3 Å². The van der Waals surface area contributed by atoms with Gasteiger partial charge in [-0.15, -0.1) is 0 Å². The van der Waals surface area contributed by atoms with E-state index in [0.29, 0.717) is 5.89 Å². The van der Waals surface area contributed by atoms with Gasteiger partial charge in [0.25, 0.3) is 0 Å². The summed E-state index contributed by atoms with van der Waals surface area (Å²) in [6, 6.07) is 18.7. The predicted molar refractivity (Wildman–Crippen MR) is 119 cm³/mol. The Labute approximate surface area is 181 Å². The molecule has 7 nitrogen and oxygen atoms in total. The van der Waals surface area contributed by atoms with Gasteiger partial charge >= 0.3 is 0 Å². The van der Waals surface area contributed by atoms with Crippen molar-refractivity contribution in [2.45, 2.75) is 20.4 Å². The van der Waals surface area contributed by atoms with Crippen molar-refractivity contribution in [2.24, 2.45) is 0 Å². The molecule has 0 radical (unpaired) electrons. The van der Waals surface area contributed by atoms with E-state index in [2.05, 4.69) is 68.6 Å². The molecule has 0 amide bonds. The van der Waals surface area contributed by atoms with Crippen molar-refractivity contribution < 1.29 is 9.05 Å². The molecule has 158 valence electrons. The molecule has 2 aromatic carbocycles. The number of aryl methyl sites for hydroxylation is 2. The molecule has 0 saturated carbocycles. The minimum Gasteiger partial charge on any atom is -0.441 e. The van der Waals surface area contributed by atoms with Gasteiger partial charge in [0.2, 0.25) is 5.89 Å². The maximum atomic E-state index is 6.00. The second-order valence-electron chi connectivity index (χ2n) is 7.90. The van der Waals surface area contributed by atoms with Gasteiger partial charge in [-0.2, -0.15) is 0 Å². The second-order valence-corrected chi connectivity index (χ2v) is 7.90. The van der Waals surface area contributed by atoms with Crippen LogP contribution in [0.2, 0.25) is 0 Å². The lowest BCUT2D eigenvalue weighted by molar-refractivity contribution is 0.243. The van der Waals surface area contributed by atoms with Crippen molar-refractivity contribution in [1.82, 2.24) is 20.2 Å². The van der Waals surface area contributed by atoms with E-state index in [9.17, 15) is 0 Å². The Bertz CT molecular complexity index is 1140. The van der Waals surface area contributed by atoms with Crippen LogP contribution in [0.1, 0.15) is 17.1 Å². The topological polar surface area (TPSA) is 71.4 Å². The van der Waals surface area contributed by atoms with Crippen LogP contribution in [0.5, 0.6) is 0 Å². The summed E-state index contributed by atoms with van der Waals surface area (Å²) in [6.07, 6.45) is 0. The molecule has 0 bridgehead atoms. The normalized spacial score (nSPS) is 14.8. The third kappa shape index (κ3) is 4.09. The minimum absolute atomic E-state index is 0.676. The number of aromatic nitrogens is 3. The molecular weight excluding hydrogens is 390 g/mol. The first-order valence-corrected chi connectivity index (χ1v) is 10.6. The highest BCUT2D eigenvalue weighted by molar-refractivity contribution is 5.67. The van der Waals surface area contributed by atoms with Crippen molar-refractivity contribution in [3.63, 3.8) is 0 Å². The number of nitrogens with zero attached hydrogens (tertiary/aromatic N) is 5. The molecule has 5 rings (SSSR count). The fourth-order valence-electron chi connectivity index (χ4n) is 3.98. The lowest BCUT2D eigenvalue weighted by Crippen LogP contribution is -2.46. The molecule has 0 spiro atoms. The summed E-state index contributed by atoms with van der Waals surface area (Å²) in [5, 5.41) is 7.90. The zero-order chi connectivity index (χ0) is 21.2. The van der Waals surface area contributed by atoms with Gasteiger partial charge in [0.15, 0.2) is 5.82 Å². The molecule has 0 atom stereocenters. The van der Waals surface area contributed by atoms with Gasteiger partial charge in [-0.05, 0) is 42.3 Å². The summed E-state index contributed by atoms with van der Waals surface area (Å²) >= 11 is 0. The zero-order valence-electron chi connectivity index (χ0n) is 17.8. The van der Waals surface area contributed by atoms with Gasteiger partial charge < -0.3 is 9.32 Å². The Hall–Kier alpha value is -3.45. The number of piperazine rings is 1. The Kier molecular flexibility index (Phi) is 5.26. The Morgan fingerprint density at radius 2 is 1.48 bits per heavy atom. The van der Waals surface area contributed by atoms with Gasteiger partial charge in [0, 0.05) is 38.3 Å². The van der Waals surface area contributed by atoms with Crippen LogP contribution in [-0.4, -0.2) is 46.4 Å². The third-order valence-corrected chi connectivity index (χ3v) is 5.81. The zero-order valence-corrected chi connectivity index (χ0v) is 17.8. The summed E-state index contributed by atoms with van der Waals surface area (Å²) in [5.74, 6) is 2.40. The maximum absolute atomic E-state index is 6.00. The number of hydrogen-bond donors (Lipinski definition) is 0. The van der Waals surface area contributed by atoms with Crippen LogP contribution in [0.4, 0.5) is 5.82 Å². The molecule has 0 N–H and O–H groups in total. The van der Waals surface area contributed by atoms with Gasteiger partial charge in [-0.25, -0.2) is 9.61 Å². The first-order chi connectivity index (χ1) is 15.2. The largest absolute Gasteiger partial charge is 0.441 e. The van der Waals surface area contributed by atoms with Crippen molar-refractivity contribution in [1.29, 1.82) is 0 Å². The van der Waals surface area contributed by atoms with Crippen molar-refractivity contribution in [3.05, 3.63) is 71.7 Å². The van der Waals surface area contributed by atoms with Crippen molar-refractivity contribution in [2.75, 3.05) is 31.1 Å². The standard InChI is InChI=1S/C24H25N5O2/c1-17-23(27-31-26-17)29-14-12-28(13-15-29)16-22-18(2)30-24(25-22)21-10-8-20(9-11-21)19-6-4-3-5-7-19/h3-11H,12-16H2,1-2H3. The number of anilines is 1. The Morgan fingerprint density at radius 3 is 2.16 bits per heavy atom. The molecule has 4 aromatic rings. The highest BCUT2D eigenvalue weighted by Gasteiger charge is 2.23. The Balaban J connectivity index is 1.25. The second kappa shape index (κ2) is 8.35. The number of hydrogen-bond acceptors (Lipinski definition) is 7. The highest BCUT2D eigenvalue weighted by Crippen LogP contribution is 2.26. The SMILES string of the molecule is Cc1nonc1N1CCN(Cc2nc(-c3ccc(-c4ccccc4)cc3)oc2C)CC1. The number of oxazole rings is 1. The molecule has 31 heavy (non-hydrogen) atoms. The van der Waals surface area contributed by atoms with Crippen LogP contribution in [-0.2, 0) is 6.54 Å². The Morgan fingerprint density at radius 1 is 0.806 bits per heavy atom. The molecule has 1 aliphatic heterocycles. The van der Waals surface area contributed by atoms with Gasteiger partial charge in [-0.3, -0.25) is 4.90 Å². The third-order valence-electron chi connectivity index (χ3n) is 5.81. The first-order valence-electron chi connectivity index (χ1n) is 10.6. The van der Waals surface area contributed by atoms with E-state index in [1.54, 1.807) is 0 Å². The smallest absolute Gasteiger partial charge is 0.226 e. The summed E-state index contributed by atoms with van der Waals surface area (Å²) < 4.78 is 10.8. The maximum Gasteiger partial charge on any atom is 0.226 e. The molecule has 0 aliphatic carbocycles. The van der Waals surface area contributed by atoms with E-state index < -0.39 is 0 Å². The lowest BCUT2D eigenvalue weighted by Gasteiger charge is -2.34. The summed E-state index contributed by atoms with van der Waals surface area (Å²) in [7, 11) is 0. The van der Waals surface area contributed by atoms with E-state index in [1.165, 1.54) is 11.1 Å². The van der Waals surface area contributed by atoms with Crippen molar-refractivity contribution in [3.8, 4) is 22.6 Å². The number of rotatable bonds is 5. The van der Waals surface area contributed by atoms with Crippen LogP contribution < -0.4 is 4.90 Å². The lowest BCUT2D eigenvalue weighted by atomic mass is 10.0. The van der Waals surface area contributed by atoms with Crippen LogP contribution in [0, 0.1) is 13.8 Å². The van der Waals surface area contributed by atoms with Gasteiger partial charge in [0.1, 0.15) is 11.5 Å². The van der Waals surface area contributed by atoms with Crippen LogP contribution in [0.15, 0.2) is 63.6 Å². The summed E-state index contributed by atoms with van der Waals surface area (Å²) in [6.45, 7) is 8.33. The molecule has 2 aromatic heterocycles. The fourth-order valence-corrected chi connectivity index (χ4v) is 3.98. The molecular formula is C24H25N5O2. The molecule has 1 aliphatic rings. The van der Waals surface area contributed by atoms with Crippen LogP contribution >= 0.6 is 0 Å². The number of benzene rings is 2. The monoisotopic (exact) mass is 415 g/mol. The summed E-state index contributed by atoms with van der Waals surface area (Å²) in [5.41, 5.74) is 5.21. The molecule has 1 fully saturated rings. The van der Waals surface area contributed by atoms with Gasteiger partial charge in [0.05, 0.1) is 5.69 Å². The average Bonchev–Trinajstić information content (AvgIpc) is 3.40. The van der Waals surface area contributed by atoms with Crippen LogP contribution in [0.25, 0.3) is 22.6 Å². The van der Waals surface area contributed by atoms with Crippen molar-refractivity contribution >= 4 is 5.82 Å². The van der Waals surface area contributed by atoms with Crippen LogP contribution in [0.3, 0.4) is 0 Å². The van der Waals surface area contributed by atoms with E-state index in [4.69, 9.17) is 14.0 Å². The van der Waals surface area contributed by atoms with E-state index in [1.807, 2.05) is 19.9 Å². The molecule has 0 unspecified atom stereocenters. The molecule has 7 heteroatoms. The van der Waals surface area contributed by atoms with E-state index in [-0.39, 0.29) is 0 Å². The predicted octanol–water partition coefficient (Wildman–Crippen LogP) is 4.33. The first kappa shape index (κ1) is 19.5. The van der Waals surface area contributed by atoms with Gasteiger partial charge in [-0.1, -0.05) is 47.6 Å². The fraction of sp³-hybridized carbons (Fsp3) is 0.292. The quantitative estimate of drug-likeness (QED) is 0.480. The molecule has 1 saturated heterocycles. The highest BCUT2D eigenvalue weighted by atomic mass is 16.6.